The first kappa shape index (κ1) is 15.2. The predicted molar refractivity (Wildman–Crippen MR) is 82.5 cm³/mol. The summed E-state index contributed by atoms with van der Waals surface area (Å²) in [7, 11) is 1.89. The van der Waals surface area contributed by atoms with Crippen molar-refractivity contribution in [1.82, 2.24) is 14.8 Å². The molecule has 0 radical (unpaired) electrons. The zero-order valence-corrected chi connectivity index (χ0v) is 12.6. The summed E-state index contributed by atoms with van der Waals surface area (Å²) in [5.41, 5.74) is 7.36. The summed E-state index contributed by atoms with van der Waals surface area (Å²) in [6, 6.07) is 7.53. The van der Waals surface area contributed by atoms with Gasteiger partial charge in [0.1, 0.15) is 6.33 Å². The van der Waals surface area contributed by atoms with Crippen LogP contribution in [0, 0.1) is 11.8 Å². The zero-order chi connectivity index (χ0) is 15.4. The van der Waals surface area contributed by atoms with Crippen LogP contribution in [-0.4, -0.2) is 27.2 Å². The molecule has 1 heterocycles. The van der Waals surface area contributed by atoms with E-state index in [1.54, 1.807) is 6.33 Å². The Labute approximate surface area is 124 Å². The summed E-state index contributed by atoms with van der Waals surface area (Å²) < 4.78 is 1.84. The Kier molecular flexibility index (Phi) is 4.70. The van der Waals surface area contributed by atoms with Crippen molar-refractivity contribution in [3.05, 3.63) is 30.6 Å². The normalized spacial score (nSPS) is 12.4. The second-order valence-corrected chi connectivity index (χ2v) is 5.42. The average molecular weight is 287 g/mol. The second-order valence-electron chi connectivity index (χ2n) is 5.42. The van der Waals surface area contributed by atoms with Gasteiger partial charge >= 0.3 is 0 Å². The number of hydrogen-bond donors (Lipinski definition) is 2. The van der Waals surface area contributed by atoms with Crippen molar-refractivity contribution in [2.75, 3.05) is 11.9 Å². The third-order valence-corrected chi connectivity index (χ3v) is 3.52. The van der Waals surface area contributed by atoms with Crippen molar-refractivity contribution in [1.29, 1.82) is 0 Å². The quantitative estimate of drug-likeness (QED) is 0.875. The first-order valence-corrected chi connectivity index (χ1v) is 6.98. The van der Waals surface area contributed by atoms with Crippen LogP contribution in [0.25, 0.3) is 11.4 Å². The smallest absolute Gasteiger partial charge is 0.229 e. The molecule has 0 saturated heterocycles. The van der Waals surface area contributed by atoms with E-state index in [1.807, 2.05) is 49.7 Å². The largest absolute Gasteiger partial charge is 0.330 e. The van der Waals surface area contributed by atoms with Gasteiger partial charge in [-0.25, -0.2) is 0 Å². The first-order chi connectivity index (χ1) is 10.0. The van der Waals surface area contributed by atoms with Crippen LogP contribution >= 0.6 is 0 Å². The Morgan fingerprint density at radius 1 is 1.33 bits per heavy atom. The Balaban J connectivity index is 2.10. The van der Waals surface area contributed by atoms with Gasteiger partial charge in [-0.3, -0.25) is 4.79 Å². The maximum absolute atomic E-state index is 12.1. The molecule has 1 aromatic heterocycles. The highest BCUT2D eigenvalue weighted by Gasteiger charge is 2.20. The van der Waals surface area contributed by atoms with Crippen LogP contribution in [0.15, 0.2) is 30.6 Å². The lowest BCUT2D eigenvalue weighted by Gasteiger charge is -2.18. The molecule has 2 rings (SSSR count). The number of carbonyl (C=O) groups is 1. The van der Waals surface area contributed by atoms with Gasteiger partial charge in [-0.05, 0) is 30.2 Å². The Hall–Kier alpha value is -2.21. The highest BCUT2D eigenvalue weighted by molar-refractivity contribution is 5.93. The van der Waals surface area contributed by atoms with Crippen LogP contribution in [-0.2, 0) is 11.8 Å². The maximum atomic E-state index is 12.1. The van der Waals surface area contributed by atoms with E-state index in [2.05, 4.69) is 15.5 Å². The number of aryl methyl sites for hydroxylation is 1. The summed E-state index contributed by atoms with van der Waals surface area (Å²) in [5.74, 6) is 0.783. The molecule has 0 aliphatic carbocycles. The lowest BCUT2D eigenvalue weighted by atomic mass is 9.95. The number of benzene rings is 1. The minimum absolute atomic E-state index is 0.0427. The second kappa shape index (κ2) is 6.49. The van der Waals surface area contributed by atoms with E-state index in [0.717, 1.165) is 17.1 Å². The molecule has 0 spiro atoms. The Morgan fingerprint density at radius 2 is 2.00 bits per heavy atom. The van der Waals surface area contributed by atoms with Crippen LogP contribution in [0.1, 0.15) is 13.8 Å². The molecular weight excluding hydrogens is 266 g/mol. The summed E-state index contributed by atoms with van der Waals surface area (Å²) in [6.45, 7) is 4.34. The van der Waals surface area contributed by atoms with E-state index in [0.29, 0.717) is 6.54 Å². The molecule has 6 nitrogen and oxygen atoms in total. The van der Waals surface area contributed by atoms with Crippen molar-refractivity contribution in [3.63, 3.8) is 0 Å². The van der Waals surface area contributed by atoms with Gasteiger partial charge in [0.2, 0.25) is 5.91 Å². The number of nitrogens with two attached hydrogens (primary N) is 1. The molecule has 0 aliphatic heterocycles. The molecule has 112 valence electrons. The van der Waals surface area contributed by atoms with Crippen LogP contribution in [0.2, 0.25) is 0 Å². The van der Waals surface area contributed by atoms with Gasteiger partial charge in [-0.1, -0.05) is 13.8 Å². The van der Waals surface area contributed by atoms with Crippen LogP contribution in [0.3, 0.4) is 0 Å². The number of amides is 1. The summed E-state index contributed by atoms with van der Waals surface area (Å²) in [6.07, 6.45) is 1.65. The summed E-state index contributed by atoms with van der Waals surface area (Å²) >= 11 is 0. The molecule has 0 fully saturated rings. The Morgan fingerprint density at radius 3 is 2.48 bits per heavy atom. The van der Waals surface area contributed by atoms with Gasteiger partial charge in [0.25, 0.3) is 0 Å². The molecule has 2 aromatic rings. The SMILES string of the molecule is CC(C)C(CN)C(=O)Nc1ccc(-c2nncn2C)cc1. The van der Waals surface area contributed by atoms with Gasteiger partial charge in [0.15, 0.2) is 5.82 Å². The monoisotopic (exact) mass is 287 g/mol. The number of anilines is 1. The topological polar surface area (TPSA) is 85.8 Å². The number of rotatable bonds is 5. The van der Waals surface area contributed by atoms with E-state index in [4.69, 9.17) is 5.73 Å². The molecule has 0 aliphatic rings. The fourth-order valence-electron chi connectivity index (χ4n) is 2.16. The molecule has 6 heteroatoms. The van der Waals surface area contributed by atoms with E-state index in [9.17, 15) is 4.79 Å². The lowest BCUT2D eigenvalue weighted by Crippen LogP contribution is -2.33. The van der Waals surface area contributed by atoms with Crippen molar-refractivity contribution < 1.29 is 4.79 Å². The highest BCUT2D eigenvalue weighted by atomic mass is 16.1. The van der Waals surface area contributed by atoms with Crippen molar-refractivity contribution in [3.8, 4) is 11.4 Å². The highest BCUT2D eigenvalue weighted by Crippen LogP contribution is 2.20. The third kappa shape index (κ3) is 3.46. The molecule has 0 saturated carbocycles. The van der Waals surface area contributed by atoms with E-state index in [-0.39, 0.29) is 17.7 Å². The number of hydrogen-bond acceptors (Lipinski definition) is 4. The molecule has 1 unspecified atom stereocenters. The van der Waals surface area contributed by atoms with Crippen LogP contribution in [0.4, 0.5) is 5.69 Å². The van der Waals surface area contributed by atoms with Gasteiger partial charge < -0.3 is 15.6 Å². The maximum Gasteiger partial charge on any atom is 0.229 e. The molecule has 1 atom stereocenters. The molecule has 1 amide bonds. The van der Waals surface area contributed by atoms with Gasteiger partial charge in [-0.2, -0.15) is 0 Å². The molecular formula is C15H21N5O. The number of aromatic nitrogens is 3. The predicted octanol–water partition coefficient (Wildman–Crippen LogP) is 1.65. The van der Waals surface area contributed by atoms with Crippen LogP contribution < -0.4 is 11.1 Å². The molecule has 21 heavy (non-hydrogen) atoms. The molecule has 0 bridgehead atoms. The fourth-order valence-corrected chi connectivity index (χ4v) is 2.16. The number of carbonyl (C=O) groups excluding carboxylic acids is 1. The van der Waals surface area contributed by atoms with E-state index < -0.39 is 0 Å². The minimum atomic E-state index is -0.177. The van der Waals surface area contributed by atoms with Crippen LogP contribution in [0.5, 0.6) is 0 Å². The van der Waals surface area contributed by atoms with Crippen molar-refractivity contribution in [2.24, 2.45) is 24.6 Å². The fraction of sp³-hybridized carbons (Fsp3) is 0.400. The minimum Gasteiger partial charge on any atom is -0.330 e. The standard InChI is InChI=1S/C15H21N5O/c1-10(2)13(8-16)15(21)18-12-6-4-11(5-7-12)14-19-17-9-20(14)3/h4-7,9-10,13H,8,16H2,1-3H3,(H,18,21). The van der Waals surface area contributed by atoms with Crippen molar-refractivity contribution in [2.45, 2.75) is 13.8 Å². The molecule has 1 aromatic carbocycles. The summed E-state index contributed by atoms with van der Waals surface area (Å²) in [4.78, 5) is 12.1. The van der Waals surface area contributed by atoms with E-state index >= 15 is 0 Å². The average Bonchev–Trinajstić information content (AvgIpc) is 2.86. The third-order valence-electron chi connectivity index (χ3n) is 3.52. The number of nitrogens with zero attached hydrogens (tertiary/aromatic N) is 3. The molecule has 3 N–H and O–H groups in total. The van der Waals surface area contributed by atoms with Gasteiger partial charge in [0, 0.05) is 24.8 Å². The van der Waals surface area contributed by atoms with Crippen molar-refractivity contribution >= 4 is 11.6 Å². The van der Waals surface area contributed by atoms with Gasteiger partial charge in [0.05, 0.1) is 5.92 Å². The van der Waals surface area contributed by atoms with Gasteiger partial charge in [-0.15, -0.1) is 10.2 Å². The number of nitrogens with one attached hydrogen (secondary N) is 1. The van der Waals surface area contributed by atoms with E-state index in [1.165, 1.54) is 0 Å². The first-order valence-electron chi connectivity index (χ1n) is 6.98. The summed E-state index contributed by atoms with van der Waals surface area (Å²) in [5, 5.41) is 10.8. The lowest BCUT2D eigenvalue weighted by molar-refractivity contribution is -0.120. The zero-order valence-electron chi connectivity index (χ0n) is 12.6. The Bertz CT molecular complexity index is 603.